The molecule has 4 rings (SSSR count). The maximum absolute atomic E-state index is 5.53. The van der Waals surface area contributed by atoms with Gasteiger partial charge in [-0.1, -0.05) is 61.2 Å². The highest BCUT2D eigenvalue weighted by Gasteiger charge is 2.10. The molecule has 4 heteroatoms. The van der Waals surface area contributed by atoms with Crippen molar-refractivity contribution in [2.75, 3.05) is 6.61 Å². The highest BCUT2D eigenvalue weighted by molar-refractivity contribution is 5.82. The molecule has 0 radical (unpaired) electrons. The van der Waals surface area contributed by atoms with Crippen LogP contribution in [0.2, 0.25) is 0 Å². The summed E-state index contributed by atoms with van der Waals surface area (Å²) < 4.78 is 7.39. The first-order chi connectivity index (χ1) is 14.3. The first-order valence-electron chi connectivity index (χ1n) is 9.42. The minimum absolute atomic E-state index is 0.492. The van der Waals surface area contributed by atoms with Gasteiger partial charge in [0.25, 0.3) is 0 Å². The van der Waals surface area contributed by atoms with Crippen LogP contribution in [0.3, 0.4) is 0 Å². The van der Waals surface area contributed by atoms with Gasteiger partial charge in [-0.05, 0) is 42.0 Å². The maximum atomic E-state index is 5.53. The van der Waals surface area contributed by atoms with Crippen molar-refractivity contribution in [1.29, 1.82) is 0 Å². The van der Waals surface area contributed by atoms with Gasteiger partial charge in [0.1, 0.15) is 12.4 Å². The topological polar surface area (TPSA) is 39.4 Å². The van der Waals surface area contributed by atoms with Crippen molar-refractivity contribution >= 4 is 12.0 Å². The van der Waals surface area contributed by atoms with E-state index in [4.69, 9.17) is 14.8 Å². The van der Waals surface area contributed by atoms with Crippen molar-refractivity contribution in [1.82, 2.24) is 9.78 Å². The number of para-hydroxylation sites is 1. The zero-order chi connectivity index (χ0) is 19.9. The van der Waals surface area contributed by atoms with E-state index in [-0.39, 0.29) is 0 Å². The van der Waals surface area contributed by atoms with Crippen LogP contribution in [0.5, 0.6) is 5.75 Å². The largest absolute Gasteiger partial charge is 0.490 e. The van der Waals surface area contributed by atoms with Gasteiger partial charge in [-0.25, -0.2) is 9.67 Å². The molecule has 4 aromatic rings. The minimum atomic E-state index is 0.492. The third-order valence-corrected chi connectivity index (χ3v) is 4.35. The monoisotopic (exact) mass is 379 g/mol. The lowest BCUT2D eigenvalue weighted by atomic mass is 10.2. The van der Waals surface area contributed by atoms with Gasteiger partial charge in [0.2, 0.25) is 0 Å². The van der Waals surface area contributed by atoms with Crippen LogP contribution in [0.1, 0.15) is 5.56 Å². The van der Waals surface area contributed by atoms with E-state index in [9.17, 15) is 0 Å². The first-order valence-corrected chi connectivity index (χ1v) is 9.42. The van der Waals surface area contributed by atoms with Crippen molar-refractivity contribution in [2.45, 2.75) is 0 Å². The van der Waals surface area contributed by atoms with Crippen LogP contribution in [-0.2, 0) is 0 Å². The molecule has 0 aliphatic carbocycles. The number of benzene rings is 3. The average molecular weight is 379 g/mol. The molecule has 0 amide bonds. The van der Waals surface area contributed by atoms with Crippen LogP contribution in [0, 0.1) is 0 Å². The van der Waals surface area contributed by atoms with E-state index in [1.807, 2.05) is 102 Å². The molecule has 0 atom stereocenters. The molecule has 1 heterocycles. The smallest absolute Gasteiger partial charge is 0.156 e. The van der Waals surface area contributed by atoms with Crippen molar-refractivity contribution in [3.05, 3.63) is 109 Å². The maximum Gasteiger partial charge on any atom is 0.156 e. The second kappa shape index (κ2) is 8.85. The summed E-state index contributed by atoms with van der Waals surface area (Å²) in [5.74, 6) is 1.57. The van der Waals surface area contributed by atoms with Crippen LogP contribution in [-0.4, -0.2) is 22.6 Å². The van der Waals surface area contributed by atoms with Crippen LogP contribution in [0.4, 0.5) is 5.82 Å². The zero-order valence-corrected chi connectivity index (χ0v) is 16.0. The van der Waals surface area contributed by atoms with E-state index in [0.717, 1.165) is 34.1 Å². The molecule has 0 saturated carbocycles. The van der Waals surface area contributed by atoms with Gasteiger partial charge in [0, 0.05) is 17.8 Å². The Labute approximate surface area is 170 Å². The molecule has 29 heavy (non-hydrogen) atoms. The lowest BCUT2D eigenvalue weighted by molar-refractivity contribution is 0.363. The number of ether oxygens (including phenoxy) is 1. The van der Waals surface area contributed by atoms with E-state index < -0.39 is 0 Å². The summed E-state index contributed by atoms with van der Waals surface area (Å²) >= 11 is 0. The summed E-state index contributed by atoms with van der Waals surface area (Å²) in [4.78, 5) is 4.71. The summed E-state index contributed by atoms with van der Waals surface area (Å²) in [6, 6.07) is 29.9. The molecule has 0 spiro atoms. The summed E-state index contributed by atoms with van der Waals surface area (Å²) in [5, 5.41) is 4.78. The Morgan fingerprint density at radius 1 is 0.897 bits per heavy atom. The molecular weight excluding hydrogens is 358 g/mol. The molecule has 0 bridgehead atoms. The third kappa shape index (κ3) is 4.50. The number of nitrogens with zero attached hydrogens (tertiary/aromatic N) is 3. The number of aromatic nitrogens is 2. The molecule has 0 aliphatic rings. The van der Waals surface area contributed by atoms with E-state index in [2.05, 4.69) is 6.58 Å². The lowest BCUT2D eigenvalue weighted by Crippen LogP contribution is -1.96. The van der Waals surface area contributed by atoms with Gasteiger partial charge < -0.3 is 4.74 Å². The third-order valence-electron chi connectivity index (χ3n) is 4.35. The van der Waals surface area contributed by atoms with Crippen molar-refractivity contribution in [3.8, 4) is 22.7 Å². The van der Waals surface area contributed by atoms with E-state index in [1.165, 1.54) is 0 Å². The van der Waals surface area contributed by atoms with Gasteiger partial charge in [0.05, 0.1) is 11.4 Å². The number of hydrogen-bond acceptors (Lipinski definition) is 3. The fourth-order valence-corrected chi connectivity index (χ4v) is 2.92. The number of rotatable bonds is 7. The molecule has 0 aliphatic heterocycles. The quantitative estimate of drug-likeness (QED) is 0.298. The molecule has 4 nitrogen and oxygen atoms in total. The van der Waals surface area contributed by atoms with E-state index in [1.54, 1.807) is 6.08 Å². The van der Waals surface area contributed by atoms with Crippen LogP contribution in [0.25, 0.3) is 16.9 Å². The van der Waals surface area contributed by atoms with Crippen molar-refractivity contribution in [2.24, 2.45) is 4.99 Å². The van der Waals surface area contributed by atoms with E-state index >= 15 is 0 Å². The van der Waals surface area contributed by atoms with Gasteiger partial charge in [-0.3, -0.25) is 0 Å². The van der Waals surface area contributed by atoms with Gasteiger partial charge >= 0.3 is 0 Å². The number of aliphatic imine (C=N–C) groups is 1. The van der Waals surface area contributed by atoms with Crippen LogP contribution in [0.15, 0.2) is 109 Å². The normalized spacial score (nSPS) is 10.9. The van der Waals surface area contributed by atoms with Gasteiger partial charge in [-0.15, -0.1) is 0 Å². The Morgan fingerprint density at radius 2 is 1.59 bits per heavy atom. The predicted octanol–water partition coefficient (Wildman–Crippen LogP) is 5.85. The molecule has 3 aromatic carbocycles. The molecule has 0 N–H and O–H groups in total. The van der Waals surface area contributed by atoms with E-state index in [0.29, 0.717) is 6.61 Å². The first kappa shape index (κ1) is 18.4. The summed E-state index contributed by atoms with van der Waals surface area (Å²) in [7, 11) is 0. The lowest BCUT2D eigenvalue weighted by Gasteiger charge is -2.04. The Bertz CT molecular complexity index is 1100. The SMILES string of the molecule is C=CCOc1ccc(C=Nc2cc(-c3ccccc3)nn2-c2ccccc2)cc1. The Hall–Kier alpha value is -3.92. The summed E-state index contributed by atoms with van der Waals surface area (Å²) in [6.07, 6.45) is 3.56. The summed E-state index contributed by atoms with van der Waals surface area (Å²) in [5.41, 5.74) is 3.89. The Balaban J connectivity index is 1.66. The fourth-order valence-electron chi connectivity index (χ4n) is 2.92. The molecule has 142 valence electrons. The average Bonchev–Trinajstić information content (AvgIpc) is 3.22. The van der Waals surface area contributed by atoms with Gasteiger partial charge in [0.15, 0.2) is 5.82 Å². The molecule has 1 aromatic heterocycles. The van der Waals surface area contributed by atoms with Crippen molar-refractivity contribution < 1.29 is 4.74 Å². The molecular formula is C25H21N3O. The predicted molar refractivity (Wildman–Crippen MR) is 118 cm³/mol. The molecule has 0 fully saturated rings. The highest BCUT2D eigenvalue weighted by atomic mass is 16.5. The Morgan fingerprint density at radius 3 is 2.28 bits per heavy atom. The minimum Gasteiger partial charge on any atom is -0.490 e. The zero-order valence-electron chi connectivity index (χ0n) is 16.0. The van der Waals surface area contributed by atoms with Crippen molar-refractivity contribution in [3.63, 3.8) is 0 Å². The molecule has 0 saturated heterocycles. The van der Waals surface area contributed by atoms with Crippen LogP contribution >= 0.6 is 0 Å². The fraction of sp³-hybridized carbons (Fsp3) is 0.0400. The summed E-state index contributed by atoms with van der Waals surface area (Å²) in [6.45, 7) is 4.15. The number of hydrogen-bond donors (Lipinski definition) is 0. The highest BCUT2D eigenvalue weighted by Crippen LogP contribution is 2.26. The van der Waals surface area contributed by atoms with Crippen LogP contribution < -0.4 is 4.74 Å². The Kier molecular flexibility index (Phi) is 5.63. The van der Waals surface area contributed by atoms with Gasteiger partial charge in [-0.2, -0.15) is 5.10 Å². The second-order valence-corrected chi connectivity index (χ2v) is 6.43. The second-order valence-electron chi connectivity index (χ2n) is 6.43. The molecule has 0 unspecified atom stereocenters. The standard InChI is InChI=1S/C25H21N3O/c1-2-17-29-23-15-13-20(14-16-23)19-26-25-18-24(21-9-5-3-6-10-21)27-28(25)22-11-7-4-8-12-22/h2-16,18-19H,1,17H2.